The van der Waals surface area contributed by atoms with Gasteiger partial charge in [-0.05, 0) is 49.6 Å². The number of hydrogen-bond acceptors (Lipinski definition) is 4. The van der Waals surface area contributed by atoms with E-state index in [4.69, 9.17) is 9.47 Å². The van der Waals surface area contributed by atoms with Gasteiger partial charge in [0.2, 0.25) is 0 Å². The number of methoxy groups -OCH3 is 2. The van der Waals surface area contributed by atoms with E-state index in [0.29, 0.717) is 18.0 Å². The van der Waals surface area contributed by atoms with Crippen LogP contribution in [-0.2, 0) is 0 Å². The van der Waals surface area contributed by atoms with Crippen molar-refractivity contribution in [1.29, 1.82) is 0 Å². The smallest absolute Gasteiger partial charge is 0.387 e. The molecule has 2 atom stereocenters. The molecular weight excluding hydrogens is 394 g/mol. The second-order valence-electron chi connectivity index (χ2n) is 7.08. The van der Waals surface area contributed by atoms with Crippen molar-refractivity contribution in [3.05, 3.63) is 53.6 Å². The molecule has 2 aromatic carbocycles. The van der Waals surface area contributed by atoms with Crippen LogP contribution in [-0.4, -0.2) is 38.3 Å². The van der Waals surface area contributed by atoms with E-state index in [2.05, 4.69) is 10.1 Å². The number of nitrogens with zero attached hydrogens (tertiary/aromatic N) is 1. The highest BCUT2D eigenvalue weighted by Gasteiger charge is 2.32. The normalized spacial score (nSPS) is 17.0. The third kappa shape index (κ3) is 4.93. The van der Waals surface area contributed by atoms with Crippen molar-refractivity contribution >= 4 is 6.03 Å². The van der Waals surface area contributed by atoms with Crippen LogP contribution >= 0.6 is 0 Å². The topological polar surface area (TPSA) is 60.0 Å². The highest BCUT2D eigenvalue weighted by Crippen LogP contribution is 2.38. The van der Waals surface area contributed by atoms with Crippen LogP contribution in [0.5, 0.6) is 17.2 Å². The Bertz CT molecular complexity index is 861. The summed E-state index contributed by atoms with van der Waals surface area (Å²) < 4.78 is 39.7. The predicted molar refractivity (Wildman–Crippen MR) is 108 cm³/mol. The lowest BCUT2D eigenvalue weighted by Gasteiger charge is -2.28. The maximum absolute atomic E-state index is 13.0. The van der Waals surface area contributed by atoms with Crippen molar-refractivity contribution in [3.8, 4) is 17.2 Å². The van der Waals surface area contributed by atoms with E-state index < -0.39 is 6.61 Å². The Kier molecular flexibility index (Phi) is 6.97. The van der Waals surface area contributed by atoms with E-state index in [1.165, 1.54) is 12.1 Å². The van der Waals surface area contributed by atoms with Crippen molar-refractivity contribution in [1.82, 2.24) is 10.2 Å². The summed E-state index contributed by atoms with van der Waals surface area (Å²) in [6.07, 6.45) is 1.73. The van der Waals surface area contributed by atoms with Gasteiger partial charge in [0.1, 0.15) is 17.2 Å². The van der Waals surface area contributed by atoms with Crippen LogP contribution in [0.2, 0.25) is 0 Å². The Labute approximate surface area is 174 Å². The summed E-state index contributed by atoms with van der Waals surface area (Å²) in [4.78, 5) is 14.8. The molecule has 1 aliphatic heterocycles. The van der Waals surface area contributed by atoms with Crippen molar-refractivity contribution < 1.29 is 27.8 Å². The summed E-state index contributed by atoms with van der Waals surface area (Å²) in [5, 5.41) is 2.99. The summed E-state index contributed by atoms with van der Waals surface area (Å²) in [5.74, 6) is 1.46. The van der Waals surface area contributed by atoms with Crippen LogP contribution in [0.4, 0.5) is 13.6 Å². The molecule has 1 heterocycles. The maximum atomic E-state index is 13.0. The fourth-order valence-corrected chi connectivity index (χ4v) is 3.72. The number of urea groups is 1. The van der Waals surface area contributed by atoms with Crippen LogP contribution < -0.4 is 19.5 Å². The molecule has 1 saturated heterocycles. The zero-order valence-electron chi connectivity index (χ0n) is 17.2. The van der Waals surface area contributed by atoms with E-state index >= 15 is 0 Å². The second kappa shape index (κ2) is 9.65. The lowest BCUT2D eigenvalue weighted by Crippen LogP contribution is -2.40. The monoisotopic (exact) mass is 420 g/mol. The summed E-state index contributed by atoms with van der Waals surface area (Å²) in [5.41, 5.74) is 1.73. The fraction of sp³-hybridized carbons (Fsp3) is 0.409. The summed E-state index contributed by atoms with van der Waals surface area (Å²) in [6, 6.07) is 11.3. The first-order valence-corrected chi connectivity index (χ1v) is 9.76. The van der Waals surface area contributed by atoms with Gasteiger partial charge in [-0.25, -0.2) is 4.79 Å². The second-order valence-corrected chi connectivity index (χ2v) is 7.08. The number of amides is 2. The van der Waals surface area contributed by atoms with Crippen LogP contribution in [0.1, 0.15) is 43.0 Å². The number of nitrogens with one attached hydrogen (secondary N) is 1. The Morgan fingerprint density at radius 1 is 1.10 bits per heavy atom. The minimum Gasteiger partial charge on any atom is -0.497 e. The standard InChI is InChI=1S/C22H26F2N2O4/c1-14(15-6-8-16(9-7-15)30-21(23)24)25-22(27)26-12-4-5-19(26)18-11-10-17(28-2)13-20(18)29-3/h6-11,13-14,19,21H,4-5,12H2,1-3H3,(H,25,27). The van der Waals surface area contributed by atoms with Gasteiger partial charge in [-0.3, -0.25) is 0 Å². The lowest BCUT2D eigenvalue weighted by atomic mass is 10.0. The van der Waals surface area contributed by atoms with E-state index in [-0.39, 0.29) is 23.9 Å². The molecule has 162 valence electrons. The van der Waals surface area contributed by atoms with Gasteiger partial charge in [0.15, 0.2) is 0 Å². The Hall–Kier alpha value is -3.03. The minimum absolute atomic E-state index is 0.0819. The quantitative estimate of drug-likeness (QED) is 0.691. The number of carbonyl (C=O) groups is 1. The van der Waals surface area contributed by atoms with Crippen LogP contribution in [0, 0.1) is 0 Å². The molecule has 2 unspecified atom stereocenters. The SMILES string of the molecule is COc1ccc(C2CCCN2C(=O)NC(C)c2ccc(OC(F)F)cc2)c(OC)c1. The molecule has 30 heavy (non-hydrogen) atoms. The van der Waals surface area contributed by atoms with Crippen molar-refractivity contribution in [3.63, 3.8) is 0 Å². The molecule has 0 radical (unpaired) electrons. The zero-order chi connectivity index (χ0) is 21.7. The Balaban J connectivity index is 1.70. The Morgan fingerprint density at radius 2 is 1.80 bits per heavy atom. The van der Waals surface area contributed by atoms with E-state index in [9.17, 15) is 13.6 Å². The molecule has 1 aliphatic rings. The first kappa shape index (κ1) is 21.7. The molecule has 0 aliphatic carbocycles. The van der Waals surface area contributed by atoms with Crippen molar-refractivity contribution in [2.45, 2.75) is 38.5 Å². The van der Waals surface area contributed by atoms with Crippen molar-refractivity contribution in [2.24, 2.45) is 0 Å². The molecule has 0 aromatic heterocycles. The van der Waals surface area contributed by atoms with Gasteiger partial charge >= 0.3 is 12.6 Å². The average Bonchev–Trinajstić information content (AvgIpc) is 3.23. The van der Waals surface area contributed by atoms with E-state index in [1.807, 2.05) is 25.1 Å². The first-order valence-electron chi connectivity index (χ1n) is 9.76. The number of likely N-dealkylation sites (tertiary alicyclic amines) is 1. The molecule has 8 heteroatoms. The van der Waals surface area contributed by atoms with Gasteiger partial charge in [-0.15, -0.1) is 0 Å². The molecule has 0 saturated carbocycles. The van der Waals surface area contributed by atoms with Gasteiger partial charge in [0, 0.05) is 18.2 Å². The molecular formula is C22H26F2N2O4. The third-order valence-electron chi connectivity index (χ3n) is 5.26. The molecule has 3 rings (SSSR count). The summed E-state index contributed by atoms with van der Waals surface area (Å²) in [7, 11) is 3.19. The first-order chi connectivity index (χ1) is 14.4. The average molecular weight is 420 g/mol. The van der Waals surface area contributed by atoms with E-state index in [1.54, 1.807) is 31.3 Å². The van der Waals surface area contributed by atoms with Gasteiger partial charge in [0.05, 0.1) is 26.3 Å². The van der Waals surface area contributed by atoms with Gasteiger partial charge in [-0.1, -0.05) is 12.1 Å². The number of ether oxygens (including phenoxy) is 3. The fourth-order valence-electron chi connectivity index (χ4n) is 3.72. The zero-order valence-corrected chi connectivity index (χ0v) is 17.2. The highest BCUT2D eigenvalue weighted by atomic mass is 19.3. The number of carbonyl (C=O) groups excluding carboxylic acids is 1. The van der Waals surface area contributed by atoms with Gasteiger partial charge < -0.3 is 24.4 Å². The van der Waals surface area contributed by atoms with Crippen LogP contribution in [0.15, 0.2) is 42.5 Å². The third-order valence-corrected chi connectivity index (χ3v) is 5.26. The Morgan fingerprint density at radius 3 is 2.43 bits per heavy atom. The number of alkyl halides is 2. The highest BCUT2D eigenvalue weighted by molar-refractivity contribution is 5.76. The largest absolute Gasteiger partial charge is 0.497 e. The molecule has 2 amide bonds. The molecule has 2 aromatic rings. The number of hydrogen-bond donors (Lipinski definition) is 1. The summed E-state index contributed by atoms with van der Waals surface area (Å²) in [6.45, 7) is -0.380. The summed E-state index contributed by atoms with van der Waals surface area (Å²) >= 11 is 0. The molecule has 1 N–H and O–H groups in total. The molecule has 6 nitrogen and oxygen atoms in total. The van der Waals surface area contributed by atoms with Gasteiger partial charge in [0.25, 0.3) is 0 Å². The number of benzene rings is 2. The van der Waals surface area contributed by atoms with Crippen molar-refractivity contribution in [2.75, 3.05) is 20.8 Å². The van der Waals surface area contributed by atoms with E-state index in [0.717, 1.165) is 24.0 Å². The molecule has 1 fully saturated rings. The lowest BCUT2D eigenvalue weighted by molar-refractivity contribution is -0.0498. The maximum Gasteiger partial charge on any atom is 0.387 e. The molecule has 0 bridgehead atoms. The molecule has 0 spiro atoms. The minimum atomic E-state index is -2.87. The van der Waals surface area contributed by atoms with Crippen LogP contribution in [0.3, 0.4) is 0 Å². The van der Waals surface area contributed by atoms with Crippen LogP contribution in [0.25, 0.3) is 0 Å². The number of halogens is 2. The number of rotatable bonds is 7. The predicted octanol–water partition coefficient (Wildman–Crippen LogP) is 4.91. The van der Waals surface area contributed by atoms with Gasteiger partial charge in [-0.2, -0.15) is 8.78 Å².